The Bertz CT molecular complexity index is 918. The maximum atomic E-state index is 13.8. The fraction of sp³-hybridized carbons (Fsp3) is 0.261. The molecule has 0 fully saturated rings. The number of halogens is 1. The van der Waals surface area contributed by atoms with E-state index in [0.29, 0.717) is 36.5 Å². The molecule has 146 valence electrons. The molecule has 3 aromatic rings. The van der Waals surface area contributed by atoms with Gasteiger partial charge >= 0.3 is 0 Å². The maximum absolute atomic E-state index is 13.8. The third-order valence-electron chi connectivity index (χ3n) is 4.47. The van der Waals surface area contributed by atoms with Crippen molar-refractivity contribution in [3.8, 4) is 17.1 Å². The second-order valence-corrected chi connectivity index (χ2v) is 6.54. The Morgan fingerprint density at radius 2 is 1.86 bits per heavy atom. The standard InChI is InChI=1S/C23H24FNO3/c1-3-27-18-10-8-17(9-11-18)16(2)25-23(26)15-13-19-12-14-22(28-19)20-6-4-5-7-21(20)24/h4-12,14,16H,3,13,15H2,1-2H3,(H,25,26). The van der Waals surface area contributed by atoms with Crippen molar-refractivity contribution in [1.29, 1.82) is 0 Å². The lowest BCUT2D eigenvalue weighted by molar-refractivity contribution is -0.121. The summed E-state index contributed by atoms with van der Waals surface area (Å²) in [6.07, 6.45) is 0.752. The van der Waals surface area contributed by atoms with Gasteiger partial charge in [0.2, 0.25) is 5.91 Å². The fourth-order valence-corrected chi connectivity index (χ4v) is 2.97. The van der Waals surface area contributed by atoms with Crippen molar-refractivity contribution in [3.05, 3.63) is 77.8 Å². The summed E-state index contributed by atoms with van der Waals surface area (Å²) in [5, 5.41) is 2.98. The summed E-state index contributed by atoms with van der Waals surface area (Å²) in [5.74, 6) is 1.54. The molecule has 1 N–H and O–H groups in total. The van der Waals surface area contributed by atoms with Crippen LogP contribution in [0.4, 0.5) is 4.39 Å². The molecular formula is C23H24FNO3. The molecule has 0 spiro atoms. The zero-order valence-electron chi connectivity index (χ0n) is 16.1. The molecule has 0 saturated carbocycles. The fourth-order valence-electron chi connectivity index (χ4n) is 2.97. The molecule has 0 aliphatic heterocycles. The van der Waals surface area contributed by atoms with Gasteiger partial charge in [0.25, 0.3) is 0 Å². The van der Waals surface area contributed by atoms with Crippen LogP contribution < -0.4 is 10.1 Å². The van der Waals surface area contributed by atoms with Gasteiger partial charge in [-0.15, -0.1) is 0 Å². The minimum absolute atomic E-state index is 0.0646. The Kier molecular flexibility index (Phi) is 6.48. The molecular weight excluding hydrogens is 357 g/mol. The van der Waals surface area contributed by atoms with Gasteiger partial charge in [-0.1, -0.05) is 24.3 Å². The molecule has 5 heteroatoms. The van der Waals surface area contributed by atoms with Crippen LogP contribution in [0.25, 0.3) is 11.3 Å². The van der Waals surface area contributed by atoms with E-state index in [-0.39, 0.29) is 17.8 Å². The van der Waals surface area contributed by atoms with E-state index < -0.39 is 0 Å². The Balaban J connectivity index is 1.52. The molecule has 28 heavy (non-hydrogen) atoms. The van der Waals surface area contributed by atoms with Gasteiger partial charge in [0.1, 0.15) is 23.1 Å². The predicted molar refractivity (Wildman–Crippen MR) is 107 cm³/mol. The molecule has 0 aliphatic carbocycles. The Hall–Kier alpha value is -3.08. The summed E-state index contributed by atoms with van der Waals surface area (Å²) in [7, 11) is 0. The van der Waals surface area contributed by atoms with Gasteiger partial charge in [0, 0.05) is 12.8 Å². The van der Waals surface area contributed by atoms with Crippen LogP contribution in [-0.2, 0) is 11.2 Å². The Morgan fingerprint density at radius 3 is 2.57 bits per heavy atom. The topological polar surface area (TPSA) is 51.5 Å². The van der Waals surface area contributed by atoms with Gasteiger partial charge in [-0.2, -0.15) is 0 Å². The molecule has 4 nitrogen and oxygen atoms in total. The molecule has 0 bridgehead atoms. The summed E-state index contributed by atoms with van der Waals surface area (Å²) in [4.78, 5) is 12.3. The maximum Gasteiger partial charge on any atom is 0.220 e. The third kappa shape index (κ3) is 5.00. The van der Waals surface area contributed by atoms with E-state index in [2.05, 4.69) is 5.32 Å². The summed E-state index contributed by atoms with van der Waals surface area (Å²) in [6, 6.07) is 17.6. The SMILES string of the molecule is CCOc1ccc(C(C)NC(=O)CCc2ccc(-c3ccccc3F)o2)cc1. The zero-order valence-corrected chi connectivity index (χ0v) is 16.1. The number of hydrogen-bond acceptors (Lipinski definition) is 3. The smallest absolute Gasteiger partial charge is 0.220 e. The number of carbonyl (C=O) groups excluding carboxylic acids is 1. The number of ether oxygens (including phenoxy) is 1. The van der Waals surface area contributed by atoms with E-state index >= 15 is 0 Å². The van der Waals surface area contributed by atoms with E-state index in [1.165, 1.54) is 6.07 Å². The van der Waals surface area contributed by atoms with Gasteiger partial charge in [-0.25, -0.2) is 4.39 Å². The normalized spacial score (nSPS) is 11.8. The Labute approximate surface area is 164 Å². The lowest BCUT2D eigenvalue weighted by Crippen LogP contribution is -2.26. The van der Waals surface area contributed by atoms with E-state index in [1.54, 1.807) is 30.3 Å². The first-order chi connectivity index (χ1) is 13.6. The third-order valence-corrected chi connectivity index (χ3v) is 4.47. The highest BCUT2D eigenvalue weighted by atomic mass is 19.1. The first-order valence-electron chi connectivity index (χ1n) is 9.42. The highest BCUT2D eigenvalue weighted by Gasteiger charge is 2.13. The monoisotopic (exact) mass is 381 g/mol. The molecule has 3 rings (SSSR count). The molecule has 0 radical (unpaired) electrons. The first kappa shape index (κ1) is 19.7. The van der Waals surface area contributed by atoms with Gasteiger partial charge in [-0.05, 0) is 55.8 Å². The molecule has 0 saturated heterocycles. The minimum Gasteiger partial charge on any atom is -0.494 e. The van der Waals surface area contributed by atoms with Crippen LogP contribution >= 0.6 is 0 Å². The van der Waals surface area contributed by atoms with Crippen LogP contribution in [-0.4, -0.2) is 12.5 Å². The number of benzene rings is 2. The van der Waals surface area contributed by atoms with Crippen molar-refractivity contribution >= 4 is 5.91 Å². The molecule has 1 atom stereocenters. The van der Waals surface area contributed by atoms with Gasteiger partial charge in [0.15, 0.2) is 0 Å². The average molecular weight is 381 g/mol. The van der Waals surface area contributed by atoms with Gasteiger partial charge < -0.3 is 14.5 Å². The predicted octanol–water partition coefficient (Wildman–Crippen LogP) is 5.29. The quantitative estimate of drug-likeness (QED) is 0.576. The van der Waals surface area contributed by atoms with E-state index in [9.17, 15) is 9.18 Å². The summed E-state index contributed by atoms with van der Waals surface area (Å²) >= 11 is 0. The summed E-state index contributed by atoms with van der Waals surface area (Å²) in [5.41, 5.74) is 1.43. The van der Waals surface area contributed by atoms with Crippen molar-refractivity contribution < 1.29 is 18.3 Å². The number of amides is 1. The van der Waals surface area contributed by atoms with Crippen LogP contribution in [0.5, 0.6) is 5.75 Å². The van der Waals surface area contributed by atoms with Crippen LogP contribution in [0.1, 0.15) is 37.6 Å². The van der Waals surface area contributed by atoms with Gasteiger partial charge in [0.05, 0.1) is 18.2 Å². The second-order valence-electron chi connectivity index (χ2n) is 6.54. The van der Waals surface area contributed by atoms with E-state index in [1.807, 2.05) is 38.1 Å². The molecule has 1 unspecified atom stereocenters. The molecule has 0 aliphatic rings. The van der Waals surface area contributed by atoms with Crippen molar-refractivity contribution in [1.82, 2.24) is 5.32 Å². The second kappa shape index (κ2) is 9.22. The number of furan rings is 1. The molecule has 1 heterocycles. The molecule has 2 aromatic carbocycles. The Morgan fingerprint density at radius 1 is 1.11 bits per heavy atom. The number of aryl methyl sites for hydroxylation is 1. The molecule has 1 amide bonds. The van der Waals surface area contributed by atoms with Crippen molar-refractivity contribution in [2.45, 2.75) is 32.7 Å². The number of rotatable bonds is 8. The van der Waals surface area contributed by atoms with Gasteiger partial charge in [-0.3, -0.25) is 4.79 Å². The van der Waals surface area contributed by atoms with Crippen LogP contribution in [0, 0.1) is 5.82 Å². The van der Waals surface area contributed by atoms with E-state index in [4.69, 9.17) is 9.15 Å². The van der Waals surface area contributed by atoms with Crippen molar-refractivity contribution in [3.63, 3.8) is 0 Å². The average Bonchev–Trinajstić information content (AvgIpc) is 3.16. The zero-order chi connectivity index (χ0) is 19.9. The number of carbonyl (C=O) groups is 1. The highest BCUT2D eigenvalue weighted by Crippen LogP contribution is 2.25. The largest absolute Gasteiger partial charge is 0.494 e. The highest BCUT2D eigenvalue weighted by molar-refractivity contribution is 5.76. The van der Waals surface area contributed by atoms with Crippen molar-refractivity contribution in [2.24, 2.45) is 0 Å². The van der Waals surface area contributed by atoms with Crippen LogP contribution in [0.15, 0.2) is 65.1 Å². The lowest BCUT2D eigenvalue weighted by atomic mass is 10.1. The lowest BCUT2D eigenvalue weighted by Gasteiger charge is -2.14. The minimum atomic E-state index is -0.328. The number of nitrogens with one attached hydrogen (secondary N) is 1. The summed E-state index contributed by atoms with van der Waals surface area (Å²) < 4.78 is 25.0. The number of hydrogen-bond donors (Lipinski definition) is 1. The first-order valence-corrected chi connectivity index (χ1v) is 9.42. The van der Waals surface area contributed by atoms with Crippen LogP contribution in [0.2, 0.25) is 0 Å². The van der Waals surface area contributed by atoms with Crippen LogP contribution in [0.3, 0.4) is 0 Å². The van der Waals surface area contributed by atoms with Crippen molar-refractivity contribution in [2.75, 3.05) is 6.61 Å². The molecule has 1 aromatic heterocycles. The van der Waals surface area contributed by atoms with E-state index in [0.717, 1.165) is 11.3 Å². The summed E-state index contributed by atoms with van der Waals surface area (Å²) in [6.45, 7) is 4.50.